The van der Waals surface area contributed by atoms with Crippen molar-refractivity contribution in [2.75, 3.05) is 6.61 Å². The minimum atomic E-state index is -0.207. The van der Waals surface area contributed by atoms with Crippen molar-refractivity contribution in [1.29, 1.82) is 0 Å². The van der Waals surface area contributed by atoms with Crippen LogP contribution in [0.2, 0.25) is 0 Å². The lowest BCUT2D eigenvalue weighted by molar-refractivity contribution is 0.0973. The minimum absolute atomic E-state index is 0.207. The molecule has 0 N–H and O–H groups in total. The molecule has 0 aliphatic rings. The van der Waals surface area contributed by atoms with Gasteiger partial charge >= 0.3 is 0 Å². The second kappa shape index (κ2) is 5.79. The fraction of sp³-hybridized carbons (Fsp3) is 0.250. The van der Waals surface area contributed by atoms with Gasteiger partial charge in [-0.15, -0.1) is 4.73 Å². The molecule has 2 aromatic rings. The van der Waals surface area contributed by atoms with Crippen LogP contribution < -0.4 is 10.4 Å². The van der Waals surface area contributed by atoms with Crippen molar-refractivity contribution >= 4 is 0 Å². The minimum Gasteiger partial charge on any atom is -0.409 e. The third-order valence-electron chi connectivity index (χ3n) is 2.25. The Morgan fingerprint density at radius 1 is 1.24 bits per heavy atom. The molecule has 0 aromatic carbocycles. The summed E-state index contributed by atoms with van der Waals surface area (Å²) < 4.78 is 1.14. The lowest BCUT2D eigenvalue weighted by Gasteiger charge is -2.06. The van der Waals surface area contributed by atoms with E-state index in [4.69, 9.17) is 4.84 Å². The number of aromatic nitrogens is 3. The maximum Gasteiger partial charge on any atom is 0.285 e. The molecule has 0 amide bonds. The monoisotopic (exact) mass is 231 g/mol. The normalized spacial score (nSPS) is 10.1. The first-order valence-electron chi connectivity index (χ1n) is 5.41. The van der Waals surface area contributed by atoms with E-state index in [1.165, 1.54) is 18.6 Å². The molecule has 88 valence electrons. The molecule has 0 fully saturated rings. The lowest BCUT2D eigenvalue weighted by atomic mass is 10.2. The maximum absolute atomic E-state index is 11.3. The SMILES string of the molecule is O=c1ccncn1OCCCc1cccnc1. The molecule has 0 atom stereocenters. The van der Waals surface area contributed by atoms with Crippen LogP contribution in [0.1, 0.15) is 12.0 Å². The van der Waals surface area contributed by atoms with Gasteiger partial charge in [0.1, 0.15) is 12.9 Å². The van der Waals surface area contributed by atoms with Crippen LogP contribution in [0.5, 0.6) is 0 Å². The summed E-state index contributed by atoms with van der Waals surface area (Å²) in [5.41, 5.74) is 0.955. The molecule has 2 aromatic heterocycles. The number of hydrogen-bond donors (Lipinski definition) is 0. The Balaban J connectivity index is 1.78. The van der Waals surface area contributed by atoms with E-state index in [-0.39, 0.29) is 5.56 Å². The summed E-state index contributed by atoms with van der Waals surface area (Å²) in [5, 5.41) is 0. The predicted molar refractivity (Wildman–Crippen MR) is 62.5 cm³/mol. The molecule has 0 radical (unpaired) electrons. The van der Waals surface area contributed by atoms with Gasteiger partial charge in [-0.1, -0.05) is 6.07 Å². The van der Waals surface area contributed by atoms with Gasteiger partial charge in [-0.25, -0.2) is 4.98 Å². The number of hydrogen-bond acceptors (Lipinski definition) is 4. The van der Waals surface area contributed by atoms with Crippen molar-refractivity contribution in [3.05, 3.63) is 59.0 Å². The van der Waals surface area contributed by atoms with Crippen LogP contribution in [0.25, 0.3) is 0 Å². The Morgan fingerprint density at radius 2 is 2.18 bits per heavy atom. The Kier molecular flexibility index (Phi) is 3.85. The van der Waals surface area contributed by atoms with Crippen LogP contribution in [0.15, 0.2) is 47.9 Å². The van der Waals surface area contributed by atoms with Crippen molar-refractivity contribution in [3.8, 4) is 0 Å². The van der Waals surface area contributed by atoms with Gasteiger partial charge in [-0.05, 0) is 24.5 Å². The van der Waals surface area contributed by atoms with Crippen LogP contribution in [-0.2, 0) is 6.42 Å². The van der Waals surface area contributed by atoms with Gasteiger partial charge in [0, 0.05) is 24.7 Å². The average Bonchev–Trinajstić information content (AvgIpc) is 2.38. The zero-order valence-corrected chi connectivity index (χ0v) is 9.32. The molecule has 2 rings (SSSR count). The van der Waals surface area contributed by atoms with E-state index in [9.17, 15) is 4.79 Å². The molecule has 0 saturated carbocycles. The van der Waals surface area contributed by atoms with Gasteiger partial charge in [-0.3, -0.25) is 9.78 Å². The van der Waals surface area contributed by atoms with E-state index in [2.05, 4.69) is 9.97 Å². The summed E-state index contributed by atoms with van der Waals surface area (Å²) in [7, 11) is 0. The van der Waals surface area contributed by atoms with Gasteiger partial charge in [-0.2, -0.15) is 0 Å². The molecular formula is C12H13N3O2. The van der Waals surface area contributed by atoms with Crippen LogP contribution in [0.3, 0.4) is 0 Å². The Morgan fingerprint density at radius 3 is 2.94 bits per heavy atom. The van der Waals surface area contributed by atoms with Crippen molar-refractivity contribution in [1.82, 2.24) is 14.7 Å². The van der Waals surface area contributed by atoms with E-state index in [0.29, 0.717) is 6.61 Å². The second-order valence-electron chi connectivity index (χ2n) is 3.54. The lowest BCUT2D eigenvalue weighted by Crippen LogP contribution is -2.26. The van der Waals surface area contributed by atoms with Crippen LogP contribution in [0.4, 0.5) is 0 Å². The molecule has 0 spiro atoms. The largest absolute Gasteiger partial charge is 0.409 e. The standard InChI is InChI=1S/C12H13N3O2/c16-12-5-7-14-10-15(12)17-8-2-4-11-3-1-6-13-9-11/h1,3,5-7,9-10H,2,4,8H2. The number of pyridine rings is 1. The Bertz CT molecular complexity index is 510. The highest BCUT2D eigenvalue weighted by atomic mass is 16.7. The van der Waals surface area contributed by atoms with Crippen molar-refractivity contribution in [3.63, 3.8) is 0 Å². The van der Waals surface area contributed by atoms with Gasteiger partial charge in [0.25, 0.3) is 5.56 Å². The third-order valence-corrected chi connectivity index (χ3v) is 2.25. The first-order valence-corrected chi connectivity index (χ1v) is 5.41. The molecule has 17 heavy (non-hydrogen) atoms. The van der Waals surface area contributed by atoms with Gasteiger partial charge in [0.15, 0.2) is 0 Å². The highest BCUT2D eigenvalue weighted by molar-refractivity contribution is 5.08. The Labute approximate surface area is 98.7 Å². The molecule has 0 unspecified atom stereocenters. The van der Waals surface area contributed by atoms with E-state index >= 15 is 0 Å². The summed E-state index contributed by atoms with van der Waals surface area (Å²) in [4.78, 5) is 24.4. The van der Waals surface area contributed by atoms with Crippen molar-refractivity contribution in [2.45, 2.75) is 12.8 Å². The van der Waals surface area contributed by atoms with Crippen LogP contribution >= 0.6 is 0 Å². The van der Waals surface area contributed by atoms with E-state index in [1.54, 1.807) is 6.20 Å². The number of nitrogens with zero attached hydrogens (tertiary/aromatic N) is 3. The van der Waals surface area contributed by atoms with Crippen LogP contribution in [0, 0.1) is 0 Å². The summed E-state index contributed by atoms with van der Waals surface area (Å²) in [6.45, 7) is 0.473. The fourth-order valence-electron chi connectivity index (χ4n) is 1.42. The third kappa shape index (κ3) is 3.41. The molecule has 2 heterocycles. The summed E-state index contributed by atoms with van der Waals surface area (Å²) in [5.74, 6) is 0. The first-order chi connectivity index (χ1) is 8.36. The second-order valence-corrected chi connectivity index (χ2v) is 3.54. The summed E-state index contributed by atoms with van der Waals surface area (Å²) in [6.07, 6.45) is 8.09. The molecule has 5 nitrogen and oxygen atoms in total. The quantitative estimate of drug-likeness (QED) is 0.711. The molecule has 0 aliphatic carbocycles. The smallest absolute Gasteiger partial charge is 0.285 e. The zero-order valence-electron chi connectivity index (χ0n) is 9.32. The molecular weight excluding hydrogens is 218 g/mol. The topological polar surface area (TPSA) is 57.0 Å². The predicted octanol–water partition coefficient (Wildman–Crippen LogP) is 0.700. The van der Waals surface area contributed by atoms with Gasteiger partial charge in [0.2, 0.25) is 0 Å². The van der Waals surface area contributed by atoms with E-state index in [0.717, 1.165) is 23.1 Å². The highest BCUT2D eigenvalue weighted by Crippen LogP contribution is 1.99. The fourth-order valence-corrected chi connectivity index (χ4v) is 1.42. The maximum atomic E-state index is 11.3. The summed E-state index contributed by atoms with van der Waals surface area (Å²) in [6, 6.07) is 5.28. The average molecular weight is 231 g/mol. The molecule has 0 aliphatic heterocycles. The van der Waals surface area contributed by atoms with Crippen molar-refractivity contribution in [2.24, 2.45) is 0 Å². The first kappa shape index (κ1) is 11.3. The summed E-state index contributed by atoms with van der Waals surface area (Å²) >= 11 is 0. The van der Waals surface area contributed by atoms with Gasteiger partial charge < -0.3 is 4.84 Å². The Hall–Kier alpha value is -2.17. The number of aryl methyl sites for hydroxylation is 1. The van der Waals surface area contributed by atoms with E-state index < -0.39 is 0 Å². The highest BCUT2D eigenvalue weighted by Gasteiger charge is 1.96. The molecule has 5 heteroatoms. The van der Waals surface area contributed by atoms with E-state index in [1.807, 2.05) is 18.3 Å². The molecule has 0 bridgehead atoms. The number of rotatable bonds is 5. The van der Waals surface area contributed by atoms with Crippen LogP contribution in [-0.4, -0.2) is 21.3 Å². The van der Waals surface area contributed by atoms with Crippen molar-refractivity contribution < 1.29 is 4.84 Å². The van der Waals surface area contributed by atoms with Gasteiger partial charge in [0.05, 0.1) is 0 Å². The zero-order chi connectivity index (χ0) is 11.9. The molecule has 0 saturated heterocycles.